The van der Waals surface area contributed by atoms with Crippen LogP contribution in [-0.2, 0) is 17.9 Å². The maximum absolute atomic E-state index is 13.0. The molecular weight excluding hydrogens is 349 g/mol. The smallest absolute Gasteiger partial charge is 0.246 e. The van der Waals surface area contributed by atoms with Crippen LogP contribution in [0.1, 0.15) is 12.8 Å². The molecule has 1 fully saturated rings. The van der Waals surface area contributed by atoms with E-state index in [0.717, 1.165) is 32.5 Å². The number of hydrogen-bond donors (Lipinski definition) is 0. The SMILES string of the molecule is O=C(Cn1nnc(-c2ccc(F)cc2)n1)N1CCC[C@@H](Cn2ccnc2)C1. The largest absolute Gasteiger partial charge is 0.341 e. The molecule has 0 N–H and O–H groups in total. The van der Waals surface area contributed by atoms with Crippen molar-refractivity contribution in [2.45, 2.75) is 25.9 Å². The van der Waals surface area contributed by atoms with E-state index in [2.05, 4.69) is 20.4 Å². The second-order valence-electron chi connectivity index (χ2n) is 6.76. The highest BCUT2D eigenvalue weighted by Crippen LogP contribution is 2.19. The summed E-state index contributed by atoms with van der Waals surface area (Å²) < 4.78 is 15.1. The van der Waals surface area contributed by atoms with Crippen molar-refractivity contribution in [2.24, 2.45) is 5.92 Å². The molecular formula is C18H20FN7O. The minimum absolute atomic E-state index is 0.0200. The Labute approximate surface area is 155 Å². The van der Waals surface area contributed by atoms with Gasteiger partial charge in [0.15, 0.2) is 0 Å². The summed E-state index contributed by atoms with van der Waals surface area (Å²) in [6.07, 6.45) is 7.59. The molecule has 0 aliphatic carbocycles. The summed E-state index contributed by atoms with van der Waals surface area (Å²) in [4.78, 5) is 19.9. The third-order valence-electron chi connectivity index (χ3n) is 4.73. The van der Waals surface area contributed by atoms with Gasteiger partial charge in [-0.1, -0.05) is 0 Å². The normalized spacial score (nSPS) is 17.2. The van der Waals surface area contributed by atoms with Crippen LogP contribution in [0.2, 0.25) is 0 Å². The molecule has 2 aromatic heterocycles. The number of piperidine rings is 1. The Morgan fingerprint density at radius 2 is 2.11 bits per heavy atom. The van der Waals surface area contributed by atoms with E-state index in [1.54, 1.807) is 24.7 Å². The van der Waals surface area contributed by atoms with Gasteiger partial charge in [-0.15, -0.1) is 10.2 Å². The third-order valence-corrected chi connectivity index (χ3v) is 4.73. The predicted octanol–water partition coefficient (Wildman–Crippen LogP) is 1.61. The molecule has 0 unspecified atom stereocenters. The van der Waals surface area contributed by atoms with E-state index >= 15 is 0 Å². The van der Waals surface area contributed by atoms with E-state index in [-0.39, 0.29) is 18.3 Å². The van der Waals surface area contributed by atoms with Crippen LogP contribution in [0.3, 0.4) is 0 Å². The Hall–Kier alpha value is -3.10. The number of amides is 1. The van der Waals surface area contributed by atoms with E-state index in [1.165, 1.54) is 16.9 Å². The molecule has 1 saturated heterocycles. The van der Waals surface area contributed by atoms with Crippen LogP contribution in [0.5, 0.6) is 0 Å². The van der Waals surface area contributed by atoms with Gasteiger partial charge in [0, 0.05) is 37.6 Å². The van der Waals surface area contributed by atoms with Crippen molar-refractivity contribution in [3.05, 3.63) is 48.8 Å². The number of rotatable bonds is 5. The summed E-state index contributed by atoms with van der Waals surface area (Å²) in [6, 6.07) is 5.86. The Bertz CT molecular complexity index is 891. The topological polar surface area (TPSA) is 81.7 Å². The summed E-state index contributed by atoms with van der Waals surface area (Å²) in [5, 5.41) is 12.1. The first-order chi connectivity index (χ1) is 13.2. The summed E-state index contributed by atoms with van der Waals surface area (Å²) in [6.45, 7) is 2.38. The first kappa shape index (κ1) is 17.3. The fourth-order valence-electron chi connectivity index (χ4n) is 3.38. The molecule has 1 aliphatic rings. The van der Waals surface area contributed by atoms with E-state index in [4.69, 9.17) is 0 Å². The lowest BCUT2D eigenvalue weighted by atomic mass is 9.98. The standard InChI is InChI=1S/C18H20FN7O/c19-16-5-3-15(4-6-16)18-21-23-26(22-18)12-17(27)25-8-1-2-14(11-25)10-24-9-7-20-13-24/h3-7,9,13-14H,1-2,8,10-12H2/t14-/m0/s1. The third kappa shape index (κ3) is 4.18. The number of hydrogen-bond acceptors (Lipinski definition) is 5. The molecule has 0 spiro atoms. The van der Waals surface area contributed by atoms with Crippen LogP contribution in [0.15, 0.2) is 43.0 Å². The number of tetrazole rings is 1. The van der Waals surface area contributed by atoms with Gasteiger partial charge < -0.3 is 9.47 Å². The molecule has 0 bridgehead atoms. The minimum Gasteiger partial charge on any atom is -0.341 e. The molecule has 8 nitrogen and oxygen atoms in total. The maximum atomic E-state index is 13.0. The van der Waals surface area contributed by atoms with Crippen LogP contribution >= 0.6 is 0 Å². The molecule has 1 aromatic carbocycles. The van der Waals surface area contributed by atoms with Gasteiger partial charge in [0.1, 0.15) is 12.4 Å². The lowest BCUT2D eigenvalue weighted by Crippen LogP contribution is -2.42. The number of carbonyl (C=O) groups is 1. The minimum atomic E-state index is -0.323. The van der Waals surface area contributed by atoms with Gasteiger partial charge in [0.2, 0.25) is 11.7 Å². The van der Waals surface area contributed by atoms with Crippen LogP contribution < -0.4 is 0 Å². The Balaban J connectivity index is 1.36. The Morgan fingerprint density at radius 1 is 1.26 bits per heavy atom. The average Bonchev–Trinajstić information content (AvgIpc) is 3.35. The molecule has 1 aliphatic heterocycles. The molecule has 27 heavy (non-hydrogen) atoms. The lowest BCUT2D eigenvalue weighted by Gasteiger charge is -2.32. The van der Waals surface area contributed by atoms with Crippen molar-refractivity contribution in [3.63, 3.8) is 0 Å². The number of benzene rings is 1. The fraction of sp³-hybridized carbons (Fsp3) is 0.389. The highest BCUT2D eigenvalue weighted by Gasteiger charge is 2.24. The summed E-state index contributed by atoms with van der Waals surface area (Å²) in [7, 11) is 0. The molecule has 0 saturated carbocycles. The van der Waals surface area contributed by atoms with E-state index < -0.39 is 0 Å². The fourth-order valence-corrected chi connectivity index (χ4v) is 3.38. The molecule has 1 amide bonds. The van der Waals surface area contributed by atoms with Gasteiger partial charge in [-0.3, -0.25) is 4.79 Å². The second-order valence-corrected chi connectivity index (χ2v) is 6.76. The molecule has 4 rings (SSSR count). The molecule has 9 heteroatoms. The van der Waals surface area contributed by atoms with Crippen LogP contribution in [0.25, 0.3) is 11.4 Å². The van der Waals surface area contributed by atoms with Crippen molar-refractivity contribution in [1.82, 2.24) is 34.7 Å². The van der Waals surface area contributed by atoms with Crippen molar-refractivity contribution in [2.75, 3.05) is 13.1 Å². The van der Waals surface area contributed by atoms with Crippen molar-refractivity contribution in [3.8, 4) is 11.4 Å². The van der Waals surface area contributed by atoms with Gasteiger partial charge in [-0.05, 0) is 48.2 Å². The molecule has 3 heterocycles. The number of nitrogens with zero attached hydrogens (tertiary/aromatic N) is 7. The monoisotopic (exact) mass is 369 g/mol. The van der Waals surface area contributed by atoms with Gasteiger partial charge in [0.25, 0.3) is 0 Å². The second kappa shape index (κ2) is 7.65. The number of halogens is 1. The zero-order chi connectivity index (χ0) is 18.6. The van der Waals surface area contributed by atoms with Crippen LogP contribution in [0, 0.1) is 11.7 Å². The number of carbonyl (C=O) groups excluding carboxylic acids is 1. The Kier molecular flexibility index (Phi) is 4.91. The lowest BCUT2D eigenvalue weighted by molar-refractivity contribution is -0.134. The van der Waals surface area contributed by atoms with Gasteiger partial charge >= 0.3 is 0 Å². The number of likely N-dealkylation sites (tertiary alicyclic amines) is 1. The van der Waals surface area contributed by atoms with Crippen molar-refractivity contribution >= 4 is 5.91 Å². The first-order valence-corrected chi connectivity index (χ1v) is 8.94. The van der Waals surface area contributed by atoms with E-state index in [1.807, 2.05) is 15.7 Å². The highest BCUT2D eigenvalue weighted by molar-refractivity contribution is 5.75. The quantitative estimate of drug-likeness (QED) is 0.683. The van der Waals surface area contributed by atoms with E-state index in [9.17, 15) is 9.18 Å². The Morgan fingerprint density at radius 3 is 2.89 bits per heavy atom. The molecule has 1 atom stereocenters. The summed E-state index contributed by atoms with van der Waals surface area (Å²) in [5.74, 6) is 0.444. The maximum Gasteiger partial charge on any atom is 0.246 e. The van der Waals surface area contributed by atoms with Crippen LogP contribution in [-0.4, -0.2) is 53.7 Å². The molecule has 140 valence electrons. The summed E-state index contributed by atoms with van der Waals surface area (Å²) in [5.41, 5.74) is 0.661. The van der Waals surface area contributed by atoms with E-state index in [0.29, 0.717) is 17.3 Å². The summed E-state index contributed by atoms with van der Waals surface area (Å²) >= 11 is 0. The predicted molar refractivity (Wildman–Crippen MR) is 94.7 cm³/mol. The number of imidazole rings is 1. The molecule has 0 radical (unpaired) electrons. The van der Waals surface area contributed by atoms with Crippen molar-refractivity contribution in [1.29, 1.82) is 0 Å². The average molecular weight is 369 g/mol. The van der Waals surface area contributed by atoms with Crippen molar-refractivity contribution < 1.29 is 9.18 Å². The zero-order valence-electron chi connectivity index (χ0n) is 14.8. The van der Waals surface area contributed by atoms with Gasteiger partial charge in [-0.2, -0.15) is 4.80 Å². The molecule has 3 aromatic rings. The first-order valence-electron chi connectivity index (χ1n) is 8.94. The zero-order valence-corrected chi connectivity index (χ0v) is 14.8. The highest BCUT2D eigenvalue weighted by atomic mass is 19.1. The van der Waals surface area contributed by atoms with Gasteiger partial charge in [-0.25, -0.2) is 9.37 Å². The number of aromatic nitrogens is 6. The van der Waals surface area contributed by atoms with Gasteiger partial charge in [0.05, 0.1) is 6.33 Å². The van der Waals surface area contributed by atoms with Crippen LogP contribution in [0.4, 0.5) is 4.39 Å².